The van der Waals surface area contributed by atoms with Crippen LogP contribution in [0.5, 0.6) is 0 Å². The van der Waals surface area contributed by atoms with Gasteiger partial charge in [0.15, 0.2) is 5.82 Å². The number of hydrogen-bond donors (Lipinski definition) is 1. The Hall–Kier alpha value is -1.59. The van der Waals surface area contributed by atoms with Crippen molar-refractivity contribution in [1.29, 1.82) is 0 Å². The maximum atomic E-state index is 5.84. The van der Waals surface area contributed by atoms with E-state index in [1.807, 2.05) is 24.3 Å². The molecule has 1 fully saturated rings. The van der Waals surface area contributed by atoms with Crippen molar-refractivity contribution in [1.82, 2.24) is 10.1 Å². The van der Waals surface area contributed by atoms with Gasteiger partial charge >= 0.3 is 0 Å². The number of aromatic nitrogens is 2. The molecule has 21 heavy (non-hydrogen) atoms. The van der Waals surface area contributed by atoms with E-state index in [0.29, 0.717) is 17.5 Å². The number of ether oxygens (including phenoxy) is 1. The second kappa shape index (κ2) is 6.91. The molecule has 0 spiro atoms. The summed E-state index contributed by atoms with van der Waals surface area (Å²) in [5.74, 6) is 1.30. The smallest absolute Gasteiger partial charge is 0.245 e. The van der Waals surface area contributed by atoms with Crippen LogP contribution in [0.3, 0.4) is 0 Å². The highest BCUT2D eigenvalue weighted by Crippen LogP contribution is 2.17. The minimum absolute atomic E-state index is 0.230. The summed E-state index contributed by atoms with van der Waals surface area (Å²) in [5.41, 5.74) is 0.967. The van der Waals surface area contributed by atoms with Gasteiger partial charge in [0.05, 0.1) is 12.6 Å². The minimum atomic E-state index is 0.230. The van der Waals surface area contributed by atoms with Crippen molar-refractivity contribution in [3.63, 3.8) is 0 Å². The standard InChI is InChI=1S/C15H18ClN3O2/c16-11-4-6-12(7-5-11)17-10-15-18-14(19-21-15)9-13-3-1-2-8-20-13/h4-7,13,17H,1-3,8-10H2. The Kier molecular flexibility index (Phi) is 4.72. The van der Waals surface area contributed by atoms with E-state index in [2.05, 4.69) is 15.5 Å². The number of benzene rings is 1. The molecule has 112 valence electrons. The first-order valence-corrected chi connectivity index (χ1v) is 7.60. The summed E-state index contributed by atoms with van der Waals surface area (Å²) in [5, 5.41) is 7.94. The highest BCUT2D eigenvalue weighted by molar-refractivity contribution is 6.30. The Morgan fingerprint density at radius 2 is 2.10 bits per heavy atom. The second-order valence-corrected chi connectivity index (χ2v) is 5.59. The number of halogens is 1. The molecule has 1 atom stereocenters. The maximum Gasteiger partial charge on any atom is 0.245 e. The van der Waals surface area contributed by atoms with Crippen molar-refractivity contribution in [2.24, 2.45) is 0 Å². The molecule has 0 aliphatic carbocycles. The largest absolute Gasteiger partial charge is 0.378 e. The van der Waals surface area contributed by atoms with E-state index in [-0.39, 0.29) is 6.10 Å². The molecule has 0 bridgehead atoms. The summed E-state index contributed by atoms with van der Waals surface area (Å²) in [4.78, 5) is 4.39. The van der Waals surface area contributed by atoms with E-state index < -0.39 is 0 Å². The summed E-state index contributed by atoms with van der Waals surface area (Å²) < 4.78 is 10.9. The average Bonchev–Trinajstić information content (AvgIpc) is 2.95. The third kappa shape index (κ3) is 4.19. The summed E-state index contributed by atoms with van der Waals surface area (Å²) in [6.45, 7) is 1.34. The minimum Gasteiger partial charge on any atom is -0.378 e. The highest BCUT2D eigenvalue weighted by Gasteiger charge is 2.17. The van der Waals surface area contributed by atoms with Crippen LogP contribution in [-0.2, 0) is 17.7 Å². The first kappa shape index (κ1) is 14.4. The molecule has 2 aromatic rings. The molecular weight excluding hydrogens is 290 g/mol. The third-order valence-corrected chi connectivity index (χ3v) is 3.73. The molecule has 1 unspecified atom stereocenters. The molecule has 1 saturated heterocycles. The van der Waals surface area contributed by atoms with Gasteiger partial charge in [-0.05, 0) is 43.5 Å². The molecule has 1 aromatic carbocycles. The SMILES string of the molecule is Clc1ccc(NCc2nc(CC3CCCCO3)no2)cc1. The Labute approximate surface area is 128 Å². The lowest BCUT2D eigenvalue weighted by Crippen LogP contribution is -2.21. The van der Waals surface area contributed by atoms with Gasteiger partial charge in [-0.2, -0.15) is 4.98 Å². The average molecular weight is 308 g/mol. The first-order valence-electron chi connectivity index (χ1n) is 7.22. The normalized spacial score (nSPS) is 18.6. The zero-order valence-corrected chi connectivity index (χ0v) is 12.5. The highest BCUT2D eigenvalue weighted by atomic mass is 35.5. The zero-order chi connectivity index (χ0) is 14.5. The number of anilines is 1. The Morgan fingerprint density at radius 3 is 2.86 bits per heavy atom. The van der Waals surface area contributed by atoms with Gasteiger partial charge < -0.3 is 14.6 Å². The Morgan fingerprint density at radius 1 is 1.24 bits per heavy atom. The van der Waals surface area contributed by atoms with Crippen LogP contribution in [0.1, 0.15) is 31.0 Å². The molecule has 0 radical (unpaired) electrons. The lowest BCUT2D eigenvalue weighted by molar-refractivity contribution is 0.0153. The summed E-state index contributed by atoms with van der Waals surface area (Å²) in [7, 11) is 0. The van der Waals surface area contributed by atoms with E-state index >= 15 is 0 Å². The third-order valence-electron chi connectivity index (χ3n) is 3.48. The predicted octanol–water partition coefficient (Wildman–Crippen LogP) is 3.45. The van der Waals surface area contributed by atoms with Crippen molar-refractivity contribution in [3.8, 4) is 0 Å². The van der Waals surface area contributed by atoms with E-state index in [4.69, 9.17) is 20.9 Å². The number of nitrogens with zero attached hydrogens (tertiary/aromatic N) is 2. The van der Waals surface area contributed by atoms with Gasteiger partial charge in [-0.25, -0.2) is 0 Å². The van der Waals surface area contributed by atoms with Crippen molar-refractivity contribution in [2.45, 2.75) is 38.3 Å². The number of hydrogen-bond acceptors (Lipinski definition) is 5. The lowest BCUT2D eigenvalue weighted by atomic mass is 10.1. The fraction of sp³-hybridized carbons (Fsp3) is 0.467. The van der Waals surface area contributed by atoms with Gasteiger partial charge in [0.25, 0.3) is 0 Å². The van der Waals surface area contributed by atoms with Crippen LogP contribution in [0.4, 0.5) is 5.69 Å². The monoisotopic (exact) mass is 307 g/mol. The first-order chi connectivity index (χ1) is 10.3. The van der Waals surface area contributed by atoms with E-state index in [1.165, 1.54) is 6.42 Å². The van der Waals surface area contributed by atoms with Crippen molar-refractivity contribution >= 4 is 17.3 Å². The van der Waals surface area contributed by atoms with E-state index in [1.54, 1.807) is 0 Å². The van der Waals surface area contributed by atoms with Gasteiger partial charge in [0.1, 0.15) is 0 Å². The maximum absolute atomic E-state index is 5.84. The molecule has 1 aliphatic rings. The fourth-order valence-corrected chi connectivity index (χ4v) is 2.49. The fourth-order valence-electron chi connectivity index (χ4n) is 2.36. The molecule has 1 aliphatic heterocycles. The molecule has 0 amide bonds. The quantitative estimate of drug-likeness (QED) is 0.917. The second-order valence-electron chi connectivity index (χ2n) is 5.16. The number of rotatable bonds is 5. The van der Waals surface area contributed by atoms with Gasteiger partial charge in [0.2, 0.25) is 5.89 Å². The van der Waals surface area contributed by atoms with Crippen molar-refractivity contribution in [2.75, 3.05) is 11.9 Å². The number of nitrogens with one attached hydrogen (secondary N) is 1. The molecule has 1 aromatic heterocycles. The van der Waals surface area contributed by atoms with Gasteiger partial charge in [-0.3, -0.25) is 0 Å². The molecule has 0 saturated carbocycles. The van der Waals surface area contributed by atoms with Crippen LogP contribution in [0, 0.1) is 0 Å². The van der Waals surface area contributed by atoms with Crippen LogP contribution < -0.4 is 5.32 Å². The molecule has 2 heterocycles. The molecule has 3 rings (SSSR count). The lowest BCUT2D eigenvalue weighted by Gasteiger charge is -2.20. The molecule has 1 N–H and O–H groups in total. The summed E-state index contributed by atoms with van der Waals surface area (Å²) >= 11 is 5.84. The summed E-state index contributed by atoms with van der Waals surface area (Å²) in [6, 6.07) is 7.50. The van der Waals surface area contributed by atoms with E-state index in [0.717, 1.165) is 37.4 Å². The Balaban J connectivity index is 1.51. The van der Waals surface area contributed by atoms with Crippen LogP contribution in [0.25, 0.3) is 0 Å². The van der Waals surface area contributed by atoms with Gasteiger partial charge in [0, 0.05) is 23.7 Å². The predicted molar refractivity (Wildman–Crippen MR) is 80.4 cm³/mol. The topological polar surface area (TPSA) is 60.2 Å². The van der Waals surface area contributed by atoms with Gasteiger partial charge in [-0.1, -0.05) is 16.8 Å². The van der Waals surface area contributed by atoms with Crippen LogP contribution in [0.15, 0.2) is 28.8 Å². The van der Waals surface area contributed by atoms with Crippen LogP contribution in [0.2, 0.25) is 5.02 Å². The van der Waals surface area contributed by atoms with Crippen molar-refractivity contribution < 1.29 is 9.26 Å². The van der Waals surface area contributed by atoms with Crippen molar-refractivity contribution in [3.05, 3.63) is 41.0 Å². The zero-order valence-electron chi connectivity index (χ0n) is 11.7. The Bertz CT molecular complexity index is 565. The van der Waals surface area contributed by atoms with E-state index in [9.17, 15) is 0 Å². The summed E-state index contributed by atoms with van der Waals surface area (Å²) in [6.07, 6.45) is 4.40. The molecular formula is C15H18ClN3O2. The molecule has 6 heteroatoms. The van der Waals surface area contributed by atoms with Gasteiger partial charge in [-0.15, -0.1) is 0 Å². The van der Waals surface area contributed by atoms with Crippen LogP contribution in [-0.4, -0.2) is 22.9 Å². The van der Waals surface area contributed by atoms with Crippen LogP contribution >= 0.6 is 11.6 Å². The molecule has 5 nitrogen and oxygen atoms in total.